The summed E-state index contributed by atoms with van der Waals surface area (Å²) in [6.45, 7) is 1.92. The van der Waals surface area contributed by atoms with Crippen molar-refractivity contribution in [2.75, 3.05) is 5.32 Å². The fraction of sp³-hybridized carbons (Fsp3) is 0.167. The number of halogens is 2. The van der Waals surface area contributed by atoms with Crippen LogP contribution in [-0.2, 0) is 7.05 Å². The van der Waals surface area contributed by atoms with Crippen LogP contribution in [0.4, 0.5) is 5.69 Å². The molecule has 2 rings (SSSR count). The van der Waals surface area contributed by atoms with Gasteiger partial charge in [0.15, 0.2) is 0 Å². The predicted molar refractivity (Wildman–Crippen MR) is 77.7 cm³/mol. The minimum atomic E-state index is -0.160. The monoisotopic (exact) mass is 371 g/mol. The zero-order valence-electron chi connectivity index (χ0n) is 9.87. The van der Waals surface area contributed by atoms with Crippen LogP contribution in [-0.4, -0.2) is 15.5 Å². The minimum Gasteiger partial charge on any atom is -0.345 e. The van der Waals surface area contributed by atoms with Crippen molar-refractivity contribution in [2.45, 2.75) is 6.92 Å². The van der Waals surface area contributed by atoms with Crippen LogP contribution in [0.5, 0.6) is 0 Å². The summed E-state index contributed by atoms with van der Waals surface area (Å²) in [4.78, 5) is 16.2. The Morgan fingerprint density at radius 2 is 2.11 bits per heavy atom. The van der Waals surface area contributed by atoms with Crippen molar-refractivity contribution < 1.29 is 4.79 Å². The lowest BCUT2D eigenvalue weighted by Crippen LogP contribution is -2.15. The van der Waals surface area contributed by atoms with Crippen LogP contribution in [0, 0.1) is 6.92 Å². The van der Waals surface area contributed by atoms with Crippen LogP contribution < -0.4 is 5.32 Å². The fourth-order valence-corrected chi connectivity index (χ4v) is 2.31. The van der Waals surface area contributed by atoms with Gasteiger partial charge in [-0.05, 0) is 56.5 Å². The SMILES string of the molecule is Cc1cc(NC(=O)c2cc(Br)cn2C)cnc1Br. The number of amides is 1. The van der Waals surface area contributed by atoms with E-state index in [1.165, 1.54) is 0 Å². The van der Waals surface area contributed by atoms with Gasteiger partial charge in [0.25, 0.3) is 5.91 Å². The van der Waals surface area contributed by atoms with Crippen LogP contribution in [0.2, 0.25) is 0 Å². The number of pyridine rings is 1. The number of nitrogens with zero attached hydrogens (tertiary/aromatic N) is 2. The third kappa shape index (κ3) is 2.81. The molecular formula is C12H11Br2N3O. The van der Waals surface area contributed by atoms with Gasteiger partial charge in [0.1, 0.15) is 10.3 Å². The van der Waals surface area contributed by atoms with Crippen molar-refractivity contribution >= 4 is 43.5 Å². The molecule has 0 aromatic carbocycles. The second-order valence-electron chi connectivity index (χ2n) is 3.94. The fourth-order valence-electron chi connectivity index (χ4n) is 1.57. The van der Waals surface area contributed by atoms with Gasteiger partial charge in [-0.3, -0.25) is 4.79 Å². The molecule has 1 amide bonds. The molecule has 2 aromatic rings. The van der Waals surface area contributed by atoms with Crippen LogP contribution in [0.1, 0.15) is 16.1 Å². The van der Waals surface area contributed by atoms with E-state index in [-0.39, 0.29) is 5.91 Å². The van der Waals surface area contributed by atoms with Gasteiger partial charge in [-0.1, -0.05) is 0 Å². The molecule has 94 valence electrons. The molecule has 2 heterocycles. The molecule has 0 saturated heterocycles. The third-order valence-electron chi connectivity index (χ3n) is 2.48. The summed E-state index contributed by atoms with van der Waals surface area (Å²) in [5.74, 6) is -0.160. The molecule has 0 bridgehead atoms. The van der Waals surface area contributed by atoms with Crippen molar-refractivity contribution in [2.24, 2.45) is 7.05 Å². The zero-order chi connectivity index (χ0) is 13.3. The molecule has 0 aliphatic rings. The number of aryl methyl sites for hydroxylation is 2. The van der Waals surface area contributed by atoms with Crippen LogP contribution in [0.3, 0.4) is 0 Å². The first-order valence-electron chi connectivity index (χ1n) is 5.22. The van der Waals surface area contributed by atoms with Crippen molar-refractivity contribution in [1.82, 2.24) is 9.55 Å². The summed E-state index contributed by atoms with van der Waals surface area (Å²) in [6.07, 6.45) is 3.45. The van der Waals surface area contributed by atoms with Crippen molar-refractivity contribution in [3.8, 4) is 0 Å². The van der Waals surface area contributed by atoms with Gasteiger partial charge in [-0.25, -0.2) is 4.98 Å². The summed E-state index contributed by atoms with van der Waals surface area (Å²) in [5.41, 5.74) is 2.24. The summed E-state index contributed by atoms with van der Waals surface area (Å²) < 4.78 is 3.42. The first kappa shape index (κ1) is 13.3. The summed E-state index contributed by atoms with van der Waals surface area (Å²) in [7, 11) is 1.82. The number of hydrogen-bond acceptors (Lipinski definition) is 2. The van der Waals surface area contributed by atoms with Crippen LogP contribution in [0.25, 0.3) is 0 Å². The van der Waals surface area contributed by atoms with Crippen molar-refractivity contribution in [3.63, 3.8) is 0 Å². The molecular weight excluding hydrogens is 362 g/mol. The smallest absolute Gasteiger partial charge is 0.272 e. The van der Waals surface area contributed by atoms with E-state index in [0.717, 1.165) is 14.6 Å². The van der Waals surface area contributed by atoms with Crippen molar-refractivity contribution in [1.29, 1.82) is 0 Å². The average Bonchev–Trinajstić information content (AvgIpc) is 2.63. The molecule has 4 nitrogen and oxygen atoms in total. The van der Waals surface area contributed by atoms with E-state index in [1.807, 2.05) is 26.2 Å². The number of anilines is 1. The number of carbonyl (C=O) groups is 1. The highest BCUT2D eigenvalue weighted by atomic mass is 79.9. The Balaban J connectivity index is 2.21. The third-order valence-corrected chi connectivity index (χ3v) is 3.74. The lowest BCUT2D eigenvalue weighted by atomic mass is 10.3. The molecule has 0 spiro atoms. The molecule has 0 fully saturated rings. The Hall–Kier alpha value is -1.14. The second kappa shape index (κ2) is 5.24. The topological polar surface area (TPSA) is 46.9 Å². The first-order chi connectivity index (χ1) is 8.47. The molecule has 1 N–H and O–H groups in total. The molecule has 6 heteroatoms. The molecule has 0 atom stereocenters. The van der Waals surface area contributed by atoms with E-state index >= 15 is 0 Å². The molecule has 0 aliphatic carbocycles. The van der Waals surface area contributed by atoms with E-state index in [9.17, 15) is 4.79 Å². The molecule has 0 saturated carbocycles. The molecule has 0 radical (unpaired) electrons. The lowest BCUT2D eigenvalue weighted by Gasteiger charge is -2.07. The Morgan fingerprint density at radius 1 is 1.39 bits per heavy atom. The van der Waals surface area contributed by atoms with Crippen LogP contribution >= 0.6 is 31.9 Å². The Kier molecular flexibility index (Phi) is 3.87. The maximum atomic E-state index is 12.1. The molecule has 0 aliphatic heterocycles. The predicted octanol–water partition coefficient (Wildman–Crippen LogP) is 3.51. The second-order valence-corrected chi connectivity index (χ2v) is 5.61. The minimum absolute atomic E-state index is 0.160. The highest BCUT2D eigenvalue weighted by Gasteiger charge is 2.11. The van der Waals surface area contributed by atoms with Gasteiger partial charge in [0.05, 0.1) is 11.9 Å². The van der Waals surface area contributed by atoms with E-state index in [1.54, 1.807) is 16.8 Å². The summed E-state index contributed by atoms with van der Waals surface area (Å²) >= 11 is 6.66. The first-order valence-corrected chi connectivity index (χ1v) is 6.81. The maximum Gasteiger partial charge on any atom is 0.272 e. The molecule has 18 heavy (non-hydrogen) atoms. The largest absolute Gasteiger partial charge is 0.345 e. The van der Waals surface area contributed by atoms with E-state index in [4.69, 9.17) is 0 Å². The lowest BCUT2D eigenvalue weighted by molar-refractivity contribution is 0.101. The van der Waals surface area contributed by atoms with Gasteiger partial charge in [-0.15, -0.1) is 0 Å². The molecule has 2 aromatic heterocycles. The highest BCUT2D eigenvalue weighted by Crippen LogP contribution is 2.18. The highest BCUT2D eigenvalue weighted by molar-refractivity contribution is 9.10. The average molecular weight is 373 g/mol. The van der Waals surface area contributed by atoms with Gasteiger partial charge in [-0.2, -0.15) is 0 Å². The zero-order valence-corrected chi connectivity index (χ0v) is 13.0. The van der Waals surface area contributed by atoms with Crippen molar-refractivity contribution in [3.05, 3.63) is 44.9 Å². The van der Waals surface area contributed by atoms with Gasteiger partial charge >= 0.3 is 0 Å². The van der Waals surface area contributed by atoms with Gasteiger partial charge < -0.3 is 9.88 Å². The Morgan fingerprint density at radius 3 is 2.67 bits per heavy atom. The number of nitrogens with one attached hydrogen (secondary N) is 1. The quantitative estimate of drug-likeness (QED) is 0.820. The number of hydrogen-bond donors (Lipinski definition) is 1. The summed E-state index contributed by atoms with van der Waals surface area (Å²) in [6, 6.07) is 3.64. The number of aromatic nitrogens is 2. The Labute approximate surface area is 122 Å². The number of rotatable bonds is 2. The summed E-state index contributed by atoms with van der Waals surface area (Å²) in [5, 5.41) is 2.82. The van der Waals surface area contributed by atoms with Gasteiger partial charge in [0, 0.05) is 17.7 Å². The van der Waals surface area contributed by atoms with Crippen LogP contribution in [0.15, 0.2) is 33.6 Å². The standard InChI is InChI=1S/C12H11Br2N3O/c1-7-3-9(5-15-11(7)14)16-12(18)10-4-8(13)6-17(10)2/h3-6H,1-2H3,(H,16,18). The molecule has 0 unspecified atom stereocenters. The number of carbonyl (C=O) groups excluding carboxylic acids is 1. The maximum absolute atomic E-state index is 12.1. The van der Waals surface area contributed by atoms with Gasteiger partial charge in [0.2, 0.25) is 0 Å². The van der Waals surface area contributed by atoms with E-state index < -0.39 is 0 Å². The van der Waals surface area contributed by atoms with E-state index in [2.05, 4.69) is 42.2 Å². The normalized spacial score (nSPS) is 10.4. The van der Waals surface area contributed by atoms with E-state index in [0.29, 0.717) is 11.4 Å². The Bertz CT molecular complexity index is 607.